The van der Waals surface area contributed by atoms with Gasteiger partial charge in [-0.05, 0) is 54.7 Å². The maximum absolute atomic E-state index is 13.2. The molecule has 0 aromatic heterocycles. The van der Waals surface area contributed by atoms with Crippen LogP contribution in [-0.2, 0) is 9.59 Å². The van der Waals surface area contributed by atoms with Crippen LogP contribution in [0.25, 0.3) is 0 Å². The highest BCUT2D eigenvalue weighted by atomic mass is 16.7. The summed E-state index contributed by atoms with van der Waals surface area (Å²) in [5.41, 5.74) is 1.74. The number of nitrogens with zero attached hydrogens (tertiary/aromatic N) is 2. The van der Waals surface area contributed by atoms with E-state index in [1.807, 2.05) is 52.3 Å². The first-order valence-electron chi connectivity index (χ1n) is 11.8. The fraction of sp³-hybridized carbons (Fsp3) is 0.462. The van der Waals surface area contributed by atoms with Gasteiger partial charge in [-0.2, -0.15) is 0 Å². The van der Waals surface area contributed by atoms with Crippen molar-refractivity contribution in [2.45, 2.75) is 31.2 Å². The number of methoxy groups -OCH3 is 1. The Hall–Kier alpha value is -3.26. The van der Waals surface area contributed by atoms with E-state index in [2.05, 4.69) is 0 Å². The van der Waals surface area contributed by atoms with Crippen LogP contribution in [0.4, 0.5) is 0 Å². The molecule has 0 radical (unpaired) electrons. The molecule has 8 heteroatoms. The number of carbonyl (C=O) groups is 2. The minimum Gasteiger partial charge on any atom is -0.497 e. The third-order valence-corrected chi connectivity index (χ3v) is 7.21. The topological polar surface area (TPSA) is 88.5 Å². The molecule has 0 saturated carbocycles. The zero-order chi connectivity index (χ0) is 23.7. The normalized spacial score (nSPS) is 24.3. The summed E-state index contributed by atoms with van der Waals surface area (Å²) in [6, 6.07) is 12.7. The lowest BCUT2D eigenvalue weighted by Gasteiger charge is -2.31. The molecule has 180 valence electrons. The van der Waals surface area contributed by atoms with Gasteiger partial charge >= 0.3 is 5.97 Å². The van der Waals surface area contributed by atoms with Gasteiger partial charge in [0.2, 0.25) is 12.7 Å². The minimum atomic E-state index is -0.878. The molecule has 34 heavy (non-hydrogen) atoms. The van der Waals surface area contributed by atoms with E-state index in [0.717, 1.165) is 43.5 Å². The number of likely N-dealkylation sites (tertiary alicyclic amines) is 2. The van der Waals surface area contributed by atoms with Gasteiger partial charge < -0.3 is 24.2 Å². The number of rotatable bonds is 6. The Bertz CT molecular complexity index is 1050. The fourth-order valence-corrected chi connectivity index (χ4v) is 5.49. The van der Waals surface area contributed by atoms with Gasteiger partial charge in [-0.15, -0.1) is 0 Å². The van der Waals surface area contributed by atoms with Gasteiger partial charge in [-0.3, -0.25) is 14.5 Å². The molecule has 1 amide bonds. The fourth-order valence-electron chi connectivity index (χ4n) is 5.49. The first kappa shape index (κ1) is 22.5. The summed E-state index contributed by atoms with van der Waals surface area (Å²) in [5.74, 6) is 0.168. The number of benzene rings is 2. The molecule has 2 aromatic rings. The van der Waals surface area contributed by atoms with Crippen LogP contribution in [0.1, 0.15) is 42.3 Å². The van der Waals surface area contributed by atoms with E-state index in [1.54, 1.807) is 7.11 Å². The van der Waals surface area contributed by atoms with Gasteiger partial charge in [0.25, 0.3) is 0 Å². The van der Waals surface area contributed by atoms with Gasteiger partial charge in [0, 0.05) is 31.6 Å². The minimum absolute atomic E-state index is 0.0636. The average molecular weight is 467 g/mol. The van der Waals surface area contributed by atoms with Gasteiger partial charge in [-0.25, -0.2) is 0 Å². The van der Waals surface area contributed by atoms with Crippen LogP contribution in [-0.4, -0.2) is 66.9 Å². The number of hydrogen-bond acceptors (Lipinski definition) is 6. The van der Waals surface area contributed by atoms with Crippen molar-refractivity contribution in [3.05, 3.63) is 53.6 Å². The third kappa shape index (κ3) is 4.30. The van der Waals surface area contributed by atoms with Gasteiger partial charge in [0.1, 0.15) is 5.75 Å². The molecule has 3 heterocycles. The number of carboxylic acid groups (broad SMARTS) is 1. The van der Waals surface area contributed by atoms with Crippen molar-refractivity contribution in [2.24, 2.45) is 5.92 Å². The lowest BCUT2D eigenvalue weighted by molar-refractivity contribution is -0.144. The zero-order valence-corrected chi connectivity index (χ0v) is 19.3. The predicted molar refractivity (Wildman–Crippen MR) is 124 cm³/mol. The molecule has 3 atom stereocenters. The van der Waals surface area contributed by atoms with E-state index in [4.69, 9.17) is 14.2 Å². The second-order valence-electron chi connectivity index (χ2n) is 9.17. The number of piperidine rings is 1. The lowest BCUT2D eigenvalue weighted by Crippen LogP contribution is -2.43. The van der Waals surface area contributed by atoms with Crippen LogP contribution in [0.3, 0.4) is 0 Å². The molecule has 1 N–H and O–H groups in total. The predicted octanol–water partition coefficient (Wildman–Crippen LogP) is 3.28. The summed E-state index contributed by atoms with van der Waals surface area (Å²) in [4.78, 5) is 29.8. The molecule has 0 aliphatic carbocycles. The van der Waals surface area contributed by atoms with Crippen molar-refractivity contribution < 1.29 is 28.9 Å². The van der Waals surface area contributed by atoms with Crippen LogP contribution in [0.2, 0.25) is 0 Å². The van der Waals surface area contributed by atoms with Crippen molar-refractivity contribution in [3.8, 4) is 17.2 Å². The number of ether oxygens (including phenoxy) is 3. The number of amides is 1. The van der Waals surface area contributed by atoms with Crippen LogP contribution in [0, 0.1) is 5.92 Å². The Kier molecular flexibility index (Phi) is 6.32. The van der Waals surface area contributed by atoms with E-state index in [0.29, 0.717) is 23.8 Å². The number of hydrogen-bond donors (Lipinski definition) is 1. The average Bonchev–Trinajstić information content (AvgIpc) is 3.49. The number of fused-ring (bicyclic) bond motifs is 1. The highest BCUT2D eigenvalue weighted by Crippen LogP contribution is 2.47. The molecule has 2 fully saturated rings. The quantitative estimate of drug-likeness (QED) is 0.699. The Morgan fingerprint density at radius 1 is 1.00 bits per heavy atom. The molecular weight excluding hydrogens is 436 g/mol. The van der Waals surface area contributed by atoms with Crippen molar-refractivity contribution >= 4 is 11.9 Å². The maximum atomic E-state index is 13.2. The van der Waals surface area contributed by atoms with E-state index < -0.39 is 17.9 Å². The molecule has 5 rings (SSSR count). The largest absolute Gasteiger partial charge is 0.497 e. The molecule has 8 nitrogen and oxygen atoms in total. The maximum Gasteiger partial charge on any atom is 0.309 e. The Balaban J connectivity index is 1.49. The summed E-state index contributed by atoms with van der Waals surface area (Å²) in [5, 5.41) is 10.4. The molecular formula is C26H30N2O6. The number of carboxylic acids is 1. The van der Waals surface area contributed by atoms with Gasteiger partial charge in [0.05, 0.1) is 19.6 Å². The molecule has 0 spiro atoms. The smallest absolute Gasteiger partial charge is 0.309 e. The summed E-state index contributed by atoms with van der Waals surface area (Å²) in [6.45, 7) is 2.37. The van der Waals surface area contributed by atoms with Gasteiger partial charge in [0.15, 0.2) is 11.5 Å². The summed E-state index contributed by atoms with van der Waals surface area (Å²) >= 11 is 0. The highest BCUT2D eigenvalue weighted by molar-refractivity contribution is 5.79. The molecule has 2 aromatic carbocycles. The van der Waals surface area contributed by atoms with Crippen LogP contribution in [0.15, 0.2) is 42.5 Å². The first-order chi connectivity index (χ1) is 16.5. The molecule has 0 unspecified atom stereocenters. The number of aliphatic carboxylic acids is 1. The van der Waals surface area contributed by atoms with Crippen molar-refractivity contribution in [1.29, 1.82) is 0 Å². The monoisotopic (exact) mass is 466 g/mol. The highest BCUT2D eigenvalue weighted by Gasteiger charge is 2.48. The van der Waals surface area contributed by atoms with Crippen LogP contribution in [0.5, 0.6) is 17.2 Å². The molecule has 3 aliphatic heterocycles. The van der Waals surface area contributed by atoms with E-state index in [-0.39, 0.29) is 25.2 Å². The summed E-state index contributed by atoms with van der Waals surface area (Å²) < 4.78 is 16.3. The molecule has 3 aliphatic rings. The SMILES string of the molecule is COc1ccc([C@@H]2[C@@H](C(=O)O)[C@@H](c3ccc4c(c3)OCO4)CN2CC(=O)N2CCCCC2)cc1. The first-order valence-corrected chi connectivity index (χ1v) is 11.8. The molecule has 2 saturated heterocycles. The Morgan fingerprint density at radius 2 is 1.71 bits per heavy atom. The Labute approximate surface area is 199 Å². The van der Waals surface area contributed by atoms with Crippen LogP contribution >= 0.6 is 0 Å². The van der Waals surface area contributed by atoms with Gasteiger partial charge in [-0.1, -0.05) is 18.2 Å². The third-order valence-electron chi connectivity index (χ3n) is 7.21. The second-order valence-corrected chi connectivity index (χ2v) is 9.17. The van der Waals surface area contributed by atoms with Crippen molar-refractivity contribution in [3.63, 3.8) is 0 Å². The molecule has 0 bridgehead atoms. The number of carbonyl (C=O) groups excluding carboxylic acids is 1. The van der Waals surface area contributed by atoms with E-state index in [9.17, 15) is 14.7 Å². The Morgan fingerprint density at radius 3 is 2.41 bits per heavy atom. The van der Waals surface area contributed by atoms with Crippen molar-refractivity contribution in [2.75, 3.05) is 40.1 Å². The summed E-state index contributed by atoms with van der Waals surface area (Å²) in [7, 11) is 1.60. The zero-order valence-electron chi connectivity index (χ0n) is 19.3. The lowest BCUT2D eigenvalue weighted by atomic mass is 9.82. The standard InChI is InChI=1S/C26H30N2O6/c1-32-19-8-5-17(6-9-19)25-24(26(30)31)20(18-7-10-21-22(13-18)34-16-33-21)14-28(25)15-23(29)27-11-3-2-4-12-27/h5-10,13,20,24-25H,2-4,11-12,14-16H2,1H3,(H,30,31)/t20-,24+,25-/m1/s1. The van der Waals surface area contributed by atoms with Crippen molar-refractivity contribution in [1.82, 2.24) is 9.80 Å². The van der Waals surface area contributed by atoms with E-state index >= 15 is 0 Å². The van der Waals surface area contributed by atoms with E-state index in [1.165, 1.54) is 0 Å². The summed E-state index contributed by atoms with van der Waals surface area (Å²) in [6.07, 6.45) is 3.19. The van der Waals surface area contributed by atoms with Crippen LogP contribution < -0.4 is 14.2 Å². The second kappa shape index (κ2) is 9.54.